The van der Waals surface area contributed by atoms with Gasteiger partial charge in [-0.3, -0.25) is 13.9 Å². The van der Waals surface area contributed by atoms with Crippen LogP contribution in [-0.4, -0.2) is 27.1 Å². The van der Waals surface area contributed by atoms with Gasteiger partial charge in [-0.05, 0) is 42.7 Å². The van der Waals surface area contributed by atoms with Gasteiger partial charge in [-0.25, -0.2) is 9.78 Å². The standard InChI is InChI=1S/C21H24N4O3/c1-28-17-10-8-15(9-11-17)13-23-19(26)14-24-18-7-4-12-22-20(18)25(21(24)27)16-5-2-3-6-16/h4,7-12,16H,2-3,5-6,13-14H2,1H3,(H,23,26). The number of benzene rings is 1. The lowest BCUT2D eigenvalue weighted by atomic mass is 10.2. The lowest BCUT2D eigenvalue weighted by Gasteiger charge is -2.10. The number of nitrogens with one attached hydrogen (secondary N) is 1. The van der Waals surface area contributed by atoms with Gasteiger partial charge in [0.1, 0.15) is 12.3 Å². The van der Waals surface area contributed by atoms with Crippen LogP contribution in [0.15, 0.2) is 47.4 Å². The smallest absolute Gasteiger partial charge is 0.331 e. The van der Waals surface area contributed by atoms with Crippen molar-refractivity contribution in [3.05, 3.63) is 58.6 Å². The molecule has 7 heteroatoms. The monoisotopic (exact) mass is 380 g/mol. The van der Waals surface area contributed by atoms with Crippen LogP contribution in [-0.2, 0) is 17.9 Å². The van der Waals surface area contributed by atoms with E-state index in [9.17, 15) is 9.59 Å². The average molecular weight is 380 g/mol. The average Bonchev–Trinajstić information content (AvgIpc) is 3.34. The van der Waals surface area contributed by atoms with Crippen molar-refractivity contribution in [3.8, 4) is 5.75 Å². The minimum absolute atomic E-state index is 0.0170. The molecular formula is C21H24N4O3. The van der Waals surface area contributed by atoms with Crippen LogP contribution in [0.4, 0.5) is 0 Å². The molecule has 0 radical (unpaired) electrons. The lowest BCUT2D eigenvalue weighted by molar-refractivity contribution is -0.121. The molecule has 1 fully saturated rings. The highest BCUT2D eigenvalue weighted by Crippen LogP contribution is 2.30. The Morgan fingerprint density at radius 1 is 1.21 bits per heavy atom. The Balaban J connectivity index is 1.53. The Labute approximate surface area is 163 Å². The zero-order valence-corrected chi connectivity index (χ0v) is 15.9. The minimum atomic E-state index is -0.202. The van der Waals surface area contributed by atoms with Gasteiger partial charge in [0.15, 0.2) is 5.65 Å². The van der Waals surface area contributed by atoms with Gasteiger partial charge < -0.3 is 10.1 Å². The van der Waals surface area contributed by atoms with E-state index in [2.05, 4.69) is 10.3 Å². The molecule has 3 aromatic rings. The maximum Gasteiger partial charge on any atom is 0.331 e. The second-order valence-electron chi connectivity index (χ2n) is 7.15. The summed E-state index contributed by atoms with van der Waals surface area (Å²) in [5, 5.41) is 2.89. The van der Waals surface area contributed by atoms with E-state index in [1.165, 1.54) is 4.57 Å². The van der Waals surface area contributed by atoms with Gasteiger partial charge in [-0.2, -0.15) is 0 Å². The highest BCUT2D eigenvalue weighted by molar-refractivity contribution is 5.79. The molecule has 0 unspecified atom stereocenters. The molecule has 0 aliphatic heterocycles. The molecule has 1 N–H and O–H groups in total. The molecule has 2 heterocycles. The van der Waals surface area contributed by atoms with E-state index in [0.717, 1.165) is 37.0 Å². The van der Waals surface area contributed by atoms with Gasteiger partial charge in [0.2, 0.25) is 5.91 Å². The van der Waals surface area contributed by atoms with Crippen molar-refractivity contribution in [3.63, 3.8) is 0 Å². The van der Waals surface area contributed by atoms with Gasteiger partial charge in [0.05, 0.1) is 12.6 Å². The summed E-state index contributed by atoms with van der Waals surface area (Å²) in [4.78, 5) is 30.0. The van der Waals surface area contributed by atoms with Crippen molar-refractivity contribution in [1.82, 2.24) is 19.4 Å². The Bertz CT molecular complexity index is 1030. The van der Waals surface area contributed by atoms with E-state index in [1.54, 1.807) is 23.9 Å². The molecular weight excluding hydrogens is 356 g/mol. The van der Waals surface area contributed by atoms with Crippen LogP contribution in [0.2, 0.25) is 0 Å². The van der Waals surface area contributed by atoms with Crippen molar-refractivity contribution in [2.24, 2.45) is 0 Å². The maximum absolute atomic E-state index is 13.0. The number of nitrogens with zero attached hydrogens (tertiary/aromatic N) is 3. The summed E-state index contributed by atoms with van der Waals surface area (Å²) in [6.45, 7) is 0.383. The van der Waals surface area contributed by atoms with Crippen molar-refractivity contribution >= 4 is 17.1 Å². The highest BCUT2D eigenvalue weighted by Gasteiger charge is 2.24. The minimum Gasteiger partial charge on any atom is -0.497 e. The first-order valence-corrected chi connectivity index (χ1v) is 9.63. The second kappa shape index (κ2) is 7.88. The fraction of sp³-hybridized carbons (Fsp3) is 0.381. The first-order chi connectivity index (χ1) is 13.7. The molecule has 28 heavy (non-hydrogen) atoms. The summed E-state index contributed by atoms with van der Waals surface area (Å²) in [5.41, 5.74) is 2.19. The molecule has 0 saturated heterocycles. The summed E-state index contributed by atoms with van der Waals surface area (Å²) < 4.78 is 8.45. The number of pyridine rings is 1. The molecule has 1 aliphatic carbocycles. The topological polar surface area (TPSA) is 78.1 Å². The number of ether oxygens (including phenoxy) is 1. The molecule has 0 atom stereocenters. The van der Waals surface area contributed by atoms with Gasteiger partial charge >= 0.3 is 5.69 Å². The maximum atomic E-state index is 13.0. The highest BCUT2D eigenvalue weighted by atomic mass is 16.5. The third kappa shape index (κ3) is 3.52. The predicted octanol–water partition coefficient (Wildman–Crippen LogP) is 2.64. The summed E-state index contributed by atoms with van der Waals surface area (Å²) in [7, 11) is 1.62. The molecule has 1 amide bonds. The fourth-order valence-electron chi connectivity index (χ4n) is 3.90. The van der Waals surface area contributed by atoms with Gasteiger partial charge in [-0.1, -0.05) is 25.0 Å². The summed E-state index contributed by atoms with van der Waals surface area (Å²) in [5.74, 6) is 0.570. The number of imidazole rings is 1. The molecule has 1 aromatic carbocycles. The van der Waals surface area contributed by atoms with Crippen LogP contribution in [0.3, 0.4) is 0 Å². The van der Waals surface area contributed by atoms with Gasteiger partial charge in [0.25, 0.3) is 0 Å². The molecule has 0 bridgehead atoms. The number of hydrogen-bond donors (Lipinski definition) is 1. The van der Waals surface area contributed by atoms with E-state index in [-0.39, 0.29) is 24.2 Å². The van der Waals surface area contributed by atoms with Crippen molar-refractivity contribution in [2.75, 3.05) is 7.11 Å². The summed E-state index contributed by atoms with van der Waals surface area (Å²) in [6.07, 6.45) is 5.91. The van der Waals surface area contributed by atoms with Crippen molar-refractivity contribution in [2.45, 2.75) is 44.8 Å². The van der Waals surface area contributed by atoms with E-state index < -0.39 is 0 Å². The Kier molecular flexibility index (Phi) is 5.14. The van der Waals surface area contributed by atoms with E-state index in [4.69, 9.17) is 4.74 Å². The SMILES string of the molecule is COc1ccc(CNC(=O)Cn2c(=O)n(C3CCCC3)c3ncccc32)cc1. The van der Waals surface area contributed by atoms with Gasteiger partial charge in [0, 0.05) is 18.8 Å². The number of carbonyl (C=O) groups excluding carboxylic acids is 1. The lowest BCUT2D eigenvalue weighted by Crippen LogP contribution is -2.33. The Morgan fingerprint density at radius 2 is 1.96 bits per heavy atom. The van der Waals surface area contributed by atoms with Crippen LogP contribution < -0.4 is 15.7 Å². The molecule has 2 aromatic heterocycles. The number of carbonyl (C=O) groups is 1. The largest absolute Gasteiger partial charge is 0.497 e. The van der Waals surface area contributed by atoms with Crippen LogP contribution in [0.1, 0.15) is 37.3 Å². The number of aromatic nitrogens is 3. The third-order valence-electron chi connectivity index (χ3n) is 5.36. The Hall–Kier alpha value is -3.09. The fourth-order valence-corrected chi connectivity index (χ4v) is 3.90. The summed E-state index contributed by atoms with van der Waals surface area (Å²) in [6, 6.07) is 11.3. The summed E-state index contributed by atoms with van der Waals surface area (Å²) >= 11 is 0. The molecule has 1 aliphatic rings. The van der Waals surface area contributed by atoms with E-state index in [0.29, 0.717) is 17.7 Å². The van der Waals surface area contributed by atoms with Crippen LogP contribution in [0.5, 0.6) is 5.75 Å². The van der Waals surface area contributed by atoms with Crippen LogP contribution in [0, 0.1) is 0 Å². The number of hydrogen-bond acceptors (Lipinski definition) is 4. The third-order valence-corrected chi connectivity index (χ3v) is 5.36. The normalized spacial score (nSPS) is 14.5. The van der Waals surface area contributed by atoms with Crippen LogP contribution >= 0.6 is 0 Å². The van der Waals surface area contributed by atoms with Crippen molar-refractivity contribution < 1.29 is 9.53 Å². The first kappa shape index (κ1) is 18.3. The van der Waals surface area contributed by atoms with E-state index >= 15 is 0 Å². The number of methoxy groups -OCH3 is 1. The zero-order valence-electron chi connectivity index (χ0n) is 15.9. The Morgan fingerprint density at radius 3 is 2.68 bits per heavy atom. The molecule has 146 valence electrons. The quantitative estimate of drug-likeness (QED) is 0.713. The van der Waals surface area contributed by atoms with Crippen molar-refractivity contribution in [1.29, 1.82) is 0 Å². The molecule has 0 spiro atoms. The molecule has 4 rings (SSSR count). The number of rotatable bonds is 6. The predicted molar refractivity (Wildman–Crippen MR) is 106 cm³/mol. The molecule has 1 saturated carbocycles. The van der Waals surface area contributed by atoms with E-state index in [1.807, 2.05) is 30.3 Å². The van der Waals surface area contributed by atoms with Gasteiger partial charge in [-0.15, -0.1) is 0 Å². The zero-order chi connectivity index (χ0) is 19.5. The molecule has 7 nitrogen and oxygen atoms in total. The number of amides is 1. The number of fused-ring (bicyclic) bond motifs is 1. The van der Waals surface area contributed by atoms with Crippen LogP contribution in [0.25, 0.3) is 11.2 Å². The second-order valence-corrected chi connectivity index (χ2v) is 7.15. The first-order valence-electron chi connectivity index (χ1n) is 9.63.